The largest absolute Gasteiger partial charge is 0.393 e. The number of nitrogens with zero attached hydrogens (tertiary/aromatic N) is 2. The number of piperidine rings is 1. The van der Waals surface area contributed by atoms with Gasteiger partial charge in [-0.05, 0) is 46.0 Å². The summed E-state index contributed by atoms with van der Waals surface area (Å²) in [5.41, 5.74) is -0.349. The summed E-state index contributed by atoms with van der Waals surface area (Å²) in [4.78, 5) is 15.0. The van der Waals surface area contributed by atoms with Crippen molar-refractivity contribution in [2.45, 2.75) is 83.1 Å². The maximum absolute atomic E-state index is 12.9. The average Bonchev–Trinajstić information content (AvgIpc) is 3.17. The molecule has 0 bridgehead atoms. The molecule has 0 saturated carbocycles. The highest BCUT2D eigenvalue weighted by Gasteiger charge is 2.37. The number of aliphatic hydroxyl groups is 1. The number of aliphatic hydroxyl groups excluding tert-OH is 1. The normalized spacial score (nSPS) is 22.6. The Morgan fingerprint density at radius 3 is 2.66 bits per heavy atom. The van der Waals surface area contributed by atoms with E-state index in [-0.39, 0.29) is 23.7 Å². The molecule has 1 atom stereocenters. The van der Waals surface area contributed by atoms with Crippen LogP contribution in [0.15, 0.2) is 10.6 Å². The van der Waals surface area contributed by atoms with Crippen LogP contribution in [0.25, 0.3) is 0 Å². The summed E-state index contributed by atoms with van der Waals surface area (Å²) >= 11 is 0. The summed E-state index contributed by atoms with van der Waals surface area (Å²) in [6, 6.07) is 1.76. The number of likely N-dealkylation sites (tertiary alicyclic amines) is 1. The Balaban J connectivity index is 1.56. The van der Waals surface area contributed by atoms with Crippen molar-refractivity contribution in [1.82, 2.24) is 10.1 Å². The van der Waals surface area contributed by atoms with Crippen LogP contribution in [-0.2, 0) is 19.7 Å². The molecule has 3 rings (SSSR count). The molecule has 2 saturated heterocycles. The Kier molecular flexibility index (Phi) is 6.98. The molecule has 1 amide bonds. The highest BCUT2D eigenvalue weighted by molar-refractivity contribution is 5.96. The number of rotatable bonds is 7. The van der Waals surface area contributed by atoms with Crippen molar-refractivity contribution in [3.63, 3.8) is 0 Å². The Labute approximate surface area is 172 Å². The van der Waals surface area contributed by atoms with Crippen LogP contribution in [0.1, 0.15) is 65.5 Å². The first-order valence-corrected chi connectivity index (χ1v) is 10.6. The van der Waals surface area contributed by atoms with Gasteiger partial charge in [0, 0.05) is 31.2 Å². The van der Waals surface area contributed by atoms with E-state index in [2.05, 4.69) is 15.4 Å². The molecular weight excluding hydrogens is 374 g/mol. The number of anilines is 1. The molecule has 164 valence electrons. The molecule has 2 fully saturated rings. The van der Waals surface area contributed by atoms with Crippen LogP contribution in [0.2, 0.25) is 0 Å². The van der Waals surface area contributed by atoms with Crippen molar-refractivity contribution < 1.29 is 23.9 Å². The van der Waals surface area contributed by atoms with Crippen LogP contribution < -0.4 is 5.32 Å². The highest BCUT2D eigenvalue weighted by atomic mass is 16.7. The van der Waals surface area contributed by atoms with Gasteiger partial charge in [-0.2, -0.15) is 0 Å². The molecule has 1 aromatic heterocycles. The molecule has 8 nitrogen and oxygen atoms in total. The number of carbonyl (C=O) groups is 1. The number of aromatic nitrogens is 1. The smallest absolute Gasteiger partial charge is 0.246 e. The van der Waals surface area contributed by atoms with E-state index in [1.54, 1.807) is 6.07 Å². The zero-order valence-corrected chi connectivity index (χ0v) is 18.1. The second-order valence-electron chi connectivity index (χ2n) is 9.30. The van der Waals surface area contributed by atoms with E-state index in [9.17, 15) is 9.90 Å². The first-order chi connectivity index (χ1) is 13.7. The summed E-state index contributed by atoms with van der Waals surface area (Å²) in [5.74, 6) is 0.179. The van der Waals surface area contributed by atoms with Crippen LogP contribution >= 0.6 is 0 Å². The van der Waals surface area contributed by atoms with Gasteiger partial charge in [-0.25, -0.2) is 0 Å². The number of hydrogen-bond acceptors (Lipinski definition) is 7. The van der Waals surface area contributed by atoms with Gasteiger partial charge >= 0.3 is 0 Å². The monoisotopic (exact) mass is 409 g/mol. The van der Waals surface area contributed by atoms with E-state index in [0.29, 0.717) is 38.4 Å². The molecular formula is C21H35N3O5. The molecule has 2 aliphatic rings. The second kappa shape index (κ2) is 9.12. The molecule has 1 unspecified atom stereocenters. The van der Waals surface area contributed by atoms with Crippen LogP contribution in [0.5, 0.6) is 0 Å². The summed E-state index contributed by atoms with van der Waals surface area (Å²) < 4.78 is 16.9. The van der Waals surface area contributed by atoms with Crippen LogP contribution in [0.3, 0.4) is 0 Å². The maximum Gasteiger partial charge on any atom is 0.246 e. The van der Waals surface area contributed by atoms with Crippen LogP contribution in [0.4, 0.5) is 5.88 Å². The topological polar surface area (TPSA) is 97.1 Å². The third-order valence-electron chi connectivity index (χ3n) is 6.02. The summed E-state index contributed by atoms with van der Waals surface area (Å²) in [5, 5.41) is 16.7. The molecule has 1 aromatic rings. The first-order valence-electron chi connectivity index (χ1n) is 10.6. The lowest BCUT2D eigenvalue weighted by atomic mass is 9.90. The van der Waals surface area contributed by atoms with Gasteiger partial charge in [0.1, 0.15) is 0 Å². The molecule has 29 heavy (non-hydrogen) atoms. The first kappa shape index (κ1) is 22.2. The predicted molar refractivity (Wildman–Crippen MR) is 109 cm³/mol. The van der Waals surface area contributed by atoms with Gasteiger partial charge in [0.15, 0.2) is 6.29 Å². The molecule has 3 heterocycles. The Hall–Kier alpha value is -1.48. The lowest BCUT2D eigenvalue weighted by Gasteiger charge is -2.40. The molecule has 0 aromatic carbocycles. The lowest BCUT2D eigenvalue weighted by molar-refractivity contribution is -0.170. The number of carbonyl (C=O) groups excluding carboxylic acids is 1. The molecule has 8 heteroatoms. The fourth-order valence-corrected chi connectivity index (χ4v) is 3.70. The minimum absolute atomic E-state index is 0.152. The van der Waals surface area contributed by atoms with Crippen molar-refractivity contribution >= 4 is 11.8 Å². The van der Waals surface area contributed by atoms with Gasteiger partial charge < -0.3 is 19.1 Å². The van der Waals surface area contributed by atoms with Crippen LogP contribution in [0, 0.1) is 0 Å². The highest BCUT2D eigenvalue weighted by Crippen LogP contribution is 2.28. The quantitative estimate of drug-likeness (QED) is 0.714. The minimum Gasteiger partial charge on any atom is -0.393 e. The maximum atomic E-state index is 12.9. The Morgan fingerprint density at radius 1 is 1.28 bits per heavy atom. The Morgan fingerprint density at radius 2 is 2.00 bits per heavy atom. The summed E-state index contributed by atoms with van der Waals surface area (Å²) in [6.07, 6.45) is 4.06. The van der Waals surface area contributed by atoms with Crippen molar-refractivity contribution in [1.29, 1.82) is 0 Å². The van der Waals surface area contributed by atoms with Gasteiger partial charge in [-0.1, -0.05) is 19.0 Å². The van der Waals surface area contributed by atoms with Crippen molar-refractivity contribution in [2.24, 2.45) is 0 Å². The standard InChI is InChI=1S/C21H35N3O5/c1-20(2,14-28-18-7-5-6-12-27-18)16-13-17(29-23-16)22-19(26)21(3,4)24-10-8-15(25)9-11-24/h13,15,18,25H,5-12,14H2,1-4H3,(H,22,26). The molecule has 2 N–H and O–H groups in total. The Bertz CT molecular complexity index is 674. The van der Waals surface area contributed by atoms with Crippen molar-refractivity contribution in [2.75, 3.05) is 31.6 Å². The van der Waals surface area contributed by atoms with E-state index in [1.165, 1.54) is 0 Å². The SMILES string of the molecule is CC(C)(COC1CCCCO1)c1cc(NC(=O)C(C)(C)N2CCC(O)CC2)on1. The van der Waals surface area contributed by atoms with Crippen molar-refractivity contribution in [3.8, 4) is 0 Å². The molecule has 2 aliphatic heterocycles. The van der Waals surface area contributed by atoms with E-state index in [0.717, 1.165) is 31.6 Å². The second-order valence-corrected chi connectivity index (χ2v) is 9.30. The minimum atomic E-state index is -0.704. The van der Waals surface area contributed by atoms with Gasteiger partial charge in [-0.15, -0.1) is 0 Å². The lowest BCUT2D eigenvalue weighted by Crippen LogP contribution is -2.55. The van der Waals surface area contributed by atoms with Gasteiger partial charge in [-0.3, -0.25) is 15.0 Å². The van der Waals surface area contributed by atoms with E-state index >= 15 is 0 Å². The van der Waals surface area contributed by atoms with Gasteiger partial charge in [0.2, 0.25) is 11.8 Å². The summed E-state index contributed by atoms with van der Waals surface area (Å²) in [7, 11) is 0. The van der Waals surface area contributed by atoms with Gasteiger partial charge in [0.25, 0.3) is 0 Å². The third-order valence-corrected chi connectivity index (χ3v) is 6.02. The van der Waals surface area contributed by atoms with E-state index in [1.807, 2.05) is 27.7 Å². The predicted octanol–water partition coefficient (Wildman–Crippen LogP) is 2.67. The van der Waals surface area contributed by atoms with Crippen LogP contribution in [-0.4, -0.2) is 65.3 Å². The fraction of sp³-hybridized carbons (Fsp3) is 0.810. The molecule has 0 aliphatic carbocycles. The fourth-order valence-electron chi connectivity index (χ4n) is 3.70. The van der Waals surface area contributed by atoms with Gasteiger partial charge in [0.05, 0.1) is 23.9 Å². The zero-order chi connectivity index (χ0) is 21.1. The summed E-state index contributed by atoms with van der Waals surface area (Å²) in [6.45, 7) is 10.4. The van der Waals surface area contributed by atoms with E-state index < -0.39 is 5.54 Å². The number of amides is 1. The average molecular weight is 410 g/mol. The third kappa shape index (κ3) is 5.57. The zero-order valence-electron chi connectivity index (χ0n) is 18.1. The van der Waals surface area contributed by atoms with E-state index in [4.69, 9.17) is 14.0 Å². The van der Waals surface area contributed by atoms with Crippen molar-refractivity contribution in [3.05, 3.63) is 11.8 Å². The molecule has 0 radical (unpaired) electrons. The number of ether oxygens (including phenoxy) is 2. The molecule has 0 spiro atoms. The number of nitrogens with one attached hydrogen (secondary N) is 1. The number of hydrogen-bond donors (Lipinski definition) is 2.